The number of benzene rings is 3. The second-order valence-corrected chi connectivity index (χ2v) is 7.45. The maximum atomic E-state index is 5.95. The summed E-state index contributed by atoms with van der Waals surface area (Å²) < 4.78 is 0. The van der Waals surface area contributed by atoms with Gasteiger partial charge >= 0.3 is 0 Å². The van der Waals surface area contributed by atoms with Crippen LogP contribution in [0.5, 0.6) is 0 Å². The van der Waals surface area contributed by atoms with Crippen molar-refractivity contribution in [3.8, 4) is 0 Å². The second kappa shape index (κ2) is 9.05. The van der Waals surface area contributed by atoms with Crippen molar-refractivity contribution in [2.45, 2.75) is 6.04 Å². The van der Waals surface area contributed by atoms with Crippen molar-refractivity contribution in [2.75, 3.05) is 26.2 Å². The molecule has 0 amide bonds. The van der Waals surface area contributed by atoms with E-state index in [1.54, 1.807) is 0 Å². The van der Waals surface area contributed by atoms with Crippen LogP contribution >= 0.6 is 11.6 Å². The van der Waals surface area contributed by atoms with Crippen LogP contribution in [0.2, 0.25) is 5.02 Å². The van der Waals surface area contributed by atoms with E-state index in [0.717, 1.165) is 36.8 Å². The number of piperazine rings is 1. The Balaban J connectivity index is 1.45. The van der Waals surface area contributed by atoms with Gasteiger partial charge in [0.25, 0.3) is 0 Å². The molecule has 1 saturated heterocycles. The van der Waals surface area contributed by atoms with Crippen molar-refractivity contribution in [1.82, 2.24) is 9.91 Å². The van der Waals surface area contributed by atoms with Crippen molar-refractivity contribution in [1.29, 1.82) is 0 Å². The zero-order valence-corrected chi connectivity index (χ0v) is 16.5. The summed E-state index contributed by atoms with van der Waals surface area (Å²) in [7, 11) is 0. The number of hydrogen-bond acceptors (Lipinski definition) is 3. The van der Waals surface area contributed by atoms with Crippen LogP contribution in [0.1, 0.15) is 22.7 Å². The second-order valence-electron chi connectivity index (χ2n) is 7.01. The predicted octanol–water partition coefficient (Wildman–Crippen LogP) is 5.08. The molecule has 0 spiro atoms. The van der Waals surface area contributed by atoms with E-state index in [1.165, 1.54) is 11.1 Å². The topological polar surface area (TPSA) is 18.8 Å². The van der Waals surface area contributed by atoms with E-state index in [-0.39, 0.29) is 6.04 Å². The van der Waals surface area contributed by atoms with E-state index in [4.69, 9.17) is 11.6 Å². The Morgan fingerprint density at radius 2 is 1.25 bits per heavy atom. The van der Waals surface area contributed by atoms with Crippen LogP contribution in [0.15, 0.2) is 90.0 Å². The van der Waals surface area contributed by atoms with Crippen LogP contribution in [-0.4, -0.2) is 42.3 Å². The molecule has 0 N–H and O–H groups in total. The van der Waals surface area contributed by atoms with Crippen molar-refractivity contribution in [3.63, 3.8) is 0 Å². The summed E-state index contributed by atoms with van der Waals surface area (Å²) >= 11 is 5.95. The highest BCUT2D eigenvalue weighted by Crippen LogP contribution is 2.29. The molecule has 0 aromatic heterocycles. The summed E-state index contributed by atoms with van der Waals surface area (Å²) in [6, 6.07) is 29.6. The van der Waals surface area contributed by atoms with Gasteiger partial charge in [0.2, 0.25) is 0 Å². The summed E-state index contributed by atoms with van der Waals surface area (Å²) in [5.41, 5.74) is 3.75. The largest absolute Gasteiger partial charge is 0.294 e. The lowest BCUT2D eigenvalue weighted by atomic mass is 9.96. The van der Waals surface area contributed by atoms with E-state index in [1.807, 2.05) is 30.5 Å². The first kappa shape index (κ1) is 18.7. The molecule has 0 radical (unpaired) electrons. The zero-order chi connectivity index (χ0) is 19.2. The minimum absolute atomic E-state index is 0.282. The normalized spacial score (nSPS) is 15.4. The minimum atomic E-state index is 0.282. The molecular weight excluding hydrogens is 366 g/mol. The van der Waals surface area contributed by atoms with Gasteiger partial charge in [-0.25, -0.2) is 0 Å². The Kier molecular flexibility index (Phi) is 6.05. The van der Waals surface area contributed by atoms with Crippen LogP contribution in [0.3, 0.4) is 0 Å². The number of nitrogens with zero attached hydrogens (tertiary/aromatic N) is 3. The first-order valence-corrected chi connectivity index (χ1v) is 10.1. The van der Waals surface area contributed by atoms with Crippen LogP contribution in [0.4, 0.5) is 0 Å². The summed E-state index contributed by atoms with van der Waals surface area (Å²) in [6.07, 6.45) is 1.91. The number of rotatable bonds is 5. The standard InChI is InChI=1S/C24H24ClN3/c25-23-13-11-20(12-14-23)19-26-28-17-15-27(16-18-28)24(21-7-3-1-4-8-21)22-9-5-2-6-10-22/h1-14,19,24H,15-18H2. The fraction of sp³-hybridized carbons (Fsp3) is 0.208. The Labute approximate surface area is 171 Å². The number of hydrogen-bond donors (Lipinski definition) is 0. The molecule has 1 heterocycles. The summed E-state index contributed by atoms with van der Waals surface area (Å²) in [4.78, 5) is 2.55. The molecule has 0 bridgehead atoms. The molecule has 3 aromatic rings. The van der Waals surface area contributed by atoms with E-state index < -0.39 is 0 Å². The highest BCUT2D eigenvalue weighted by atomic mass is 35.5. The molecule has 1 aliphatic rings. The molecule has 1 aliphatic heterocycles. The van der Waals surface area contributed by atoms with Gasteiger partial charge in [-0.15, -0.1) is 0 Å². The van der Waals surface area contributed by atoms with Gasteiger partial charge in [-0.3, -0.25) is 9.91 Å². The summed E-state index contributed by atoms with van der Waals surface area (Å²) in [5, 5.41) is 7.56. The maximum Gasteiger partial charge on any atom is 0.0603 e. The Morgan fingerprint density at radius 1 is 0.714 bits per heavy atom. The molecular formula is C24H24ClN3. The Bertz CT molecular complexity index is 847. The molecule has 0 aliphatic carbocycles. The molecule has 3 nitrogen and oxygen atoms in total. The molecule has 28 heavy (non-hydrogen) atoms. The predicted molar refractivity (Wildman–Crippen MR) is 117 cm³/mol. The highest BCUT2D eigenvalue weighted by Gasteiger charge is 2.25. The van der Waals surface area contributed by atoms with E-state index in [2.05, 4.69) is 75.7 Å². The third kappa shape index (κ3) is 4.61. The molecule has 142 valence electrons. The summed E-state index contributed by atoms with van der Waals surface area (Å²) in [6.45, 7) is 3.79. The van der Waals surface area contributed by atoms with Gasteiger partial charge in [0.15, 0.2) is 0 Å². The molecule has 4 heteroatoms. The van der Waals surface area contributed by atoms with E-state index in [0.29, 0.717) is 0 Å². The lowest BCUT2D eigenvalue weighted by Gasteiger charge is -2.38. The quantitative estimate of drug-likeness (QED) is 0.566. The van der Waals surface area contributed by atoms with Crippen molar-refractivity contribution in [3.05, 3.63) is 107 Å². The van der Waals surface area contributed by atoms with Crippen molar-refractivity contribution in [2.24, 2.45) is 5.10 Å². The van der Waals surface area contributed by atoms with Gasteiger partial charge in [0.05, 0.1) is 12.3 Å². The zero-order valence-electron chi connectivity index (χ0n) is 15.8. The molecule has 0 saturated carbocycles. The molecule has 0 unspecified atom stereocenters. The lowest BCUT2D eigenvalue weighted by molar-refractivity contribution is 0.113. The first-order valence-electron chi connectivity index (χ1n) is 9.68. The van der Waals surface area contributed by atoms with E-state index in [9.17, 15) is 0 Å². The van der Waals surface area contributed by atoms with Gasteiger partial charge in [-0.05, 0) is 28.8 Å². The van der Waals surface area contributed by atoms with Crippen LogP contribution in [-0.2, 0) is 0 Å². The van der Waals surface area contributed by atoms with Gasteiger partial charge in [0.1, 0.15) is 0 Å². The Morgan fingerprint density at radius 3 is 1.79 bits per heavy atom. The molecule has 3 aromatic carbocycles. The highest BCUT2D eigenvalue weighted by molar-refractivity contribution is 6.30. The average Bonchev–Trinajstić information content (AvgIpc) is 2.76. The van der Waals surface area contributed by atoms with Gasteiger partial charge in [0, 0.05) is 31.2 Å². The number of hydrazone groups is 1. The third-order valence-corrected chi connectivity index (χ3v) is 5.38. The monoisotopic (exact) mass is 389 g/mol. The van der Waals surface area contributed by atoms with Gasteiger partial charge in [-0.2, -0.15) is 5.10 Å². The average molecular weight is 390 g/mol. The first-order chi connectivity index (χ1) is 13.8. The fourth-order valence-corrected chi connectivity index (χ4v) is 3.79. The number of halogens is 1. The van der Waals surface area contributed by atoms with Crippen LogP contribution in [0.25, 0.3) is 0 Å². The Hall–Kier alpha value is -2.62. The third-order valence-electron chi connectivity index (χ3n) is 5.13. The smallest absolute Gasteiger partial charge is 0.0603 e. The minimum Gasteiger partial charge on any atom is -0.294 e. The molecule has 4 rings (SSSR count). The SMILES string of the molecule is Clc1ccc(C=NN2CCN(C(c3ccccc3)c3ccccc3)CC2)cc1. The summed E-state index contributed by atoms with van der Waals surface area (Å²) in [5.74, 6) is 0. The van der Waals surface area contributed by atoms with Gasteiger partial charge < -0.3 is 0 Å². The van der Waals surface area contributed by atoms with Crippen molar-refractivity contribution < 1.29 is 0 Å². The lowest BCUT2D eigenvalue weighted by Crippen LogP contribution is -2.45. The van der Waals surface area contributed by atoms with Gasteiger partial charge in [-0.1, -0.05) is 84.4 Å². The maximum absolute atomic E-state index is 5.95. The fourth-order valence-electron chi connectivity index (χ4n) is 3.67. The molecule has 1 fully saturated rings. The van der Waals surface area contributed by atoms with Crippen LogP contribution in [0, 0.1) is 0 Å². The van der Waals surface area contributed by atoms with Crippen molar-refractivity contribution >= 4 is 17.8 Å². The van der Waals surface area contributed by atoms with Crippen LogP contribution < -0.4 is 0 Å². The van der Waals surface area contributed by atoms with E-state index >= 15 is 0 Å². The molecule has 0 atom stereocenters.